The minimum atomic E-state index is -0.954. The van der Waals surface area contributed by atoms with E-state index in [0.29, 0.717) is 6.42 Å². The monoisotopic (exact) mass is 409 g/mol. The summed E-state index contributed by atoms with van der Waals surface area (Å²) in [5.41, 5.74) is 0. The summed E-state index contributed by atoms with van der Waals surface area (Å²) in [6, 6.07) is 0. The highest BCUT2D eigenvalue weighted by molar-refractivity contribution is 5.80. The van der Waals surface area contributed by atoms with Crippen molar-refractivity contribution in [3.05, 3.63) is 12.2 Å². The molecule has 0 aromatic heterocycles. The molecule has 1 N–H and O–H groups in total. The molecule has 4 nitrogen and oxygen atoms in total. The lowest BCUT2D eigenvalue weighted by Gasteiger charge is -2.14. The van der Waals surface area contributed by atoms with Gasteiger partial charge < -0.3 is 10.0 Å². The van der Waals surface area contributed by atoms with Gasteiger partial charge in [-0.3, -0.25) is 9.59 Å². The molecule has 0 aliphatic rings. The fraction of sp³-hybridized carbons (Fsp3) is 0.840. The highest BCUT2D eigenvalue weighted by Crippen LogP contribution is 2.12. The third-order valence-electron chi connectivity index (χ3n) is 5.45. The van der Waals surface area contributed by atoms with Gasteiger partial charge in [0.2, 0.25) is 5.91 Å². The zero-order chi connectivity index (χ0) is 21.6. The fourth-order valence-electron chi connectivity index (χ4n) is 3.54. The molecule has 0 atom stereocenters. The normalized spacial score (nSPS) is 11.2. The molecule has 29 heavy (non-hydrogen) atoms. The molecular formula is C25H47NO3. The van der Waals surface area contributed by atoms with E-state index in [2.05, 4.69) is 19.1 Å². The first-order valence-corrected chi connectivity index (χ1v) is 12.2. The Balaban J connectivity index is 3.25. The third-order valence-corrected chi connectivity index (χ3v) is 5.45. The van der Waals surface area contributed by atoms with Crippen LogP contribution in [0.25, 0.3) is 0 Å². The molecule has 4 heteroatoms. The van der Waals surface area contributed by atoms with Crippen molar-refractivity contribution in [3.63, 3.8) is 0 Å². The Morgan fingerprint density at radius 1 is 0.690 bits per heavy atom. The summed E-state index contributed by atoms with van der Waals surface area (Å²) < 4.78 is 0. The van der Waals surface area contributed by atoms with Gasteiger partial charge in [0.05, 0.1) is 0 Å². The molecule has 0 fully saturated rings. The standard InChI is InChI=1S/C25H47NO3/c1-3-4-5-6-7-8-9-10-11-12-13-14-15-16-17-18-19-20-21-22-24(27)26(2)23-25(28)29/h10-11H,3-9,12-23H2,1-2H3,(H,28,29)/b11-10-. The number of carboxylic acid groups (broad SMARTS) is 1. The van der Waals surface area contributed by atoms with Gasteiger partial charge in [-0.15, -0.1) is 0 Å². The SMILES string of the molecule is CCCCCCCC/C=C\CCCCCCCCCCCC(=O)N(C)CC(=O)O. The largest absolute Gasteiger partial charge is 0.480 e. The average molecular weight is 410 g/mol. The van der Waals surface area contributed by atoms with Gasteiger partial charge >= 0.3 is 5.97 Å². The van der Waals surface area contributed by atoms with Crippen LogP contribution in [0.15, 0.2) is 12.2 Å². The molecule has 0 unspecified atom stereocenters. The van der Waals surface area contributed by atoms with E-state index in [1.807, 2.05) is 0 Å². The second kappa shape index (κ2) is 21.4. The number of allylic oxidation sites excluding steroid dienone is 2. The van der Waals surface area contributed by atoms with E-state index < -0.39 is 5.97 Å². The smallest absolute Gasteiger partial charge is 0.323 e. The number of rotatable bonds is 21. The lowest BCUT2D eigenvalue weighted by molar-refractivity contribution is -0.143. The topological polar surface area (TPSA) is 57.6 Å². The molecular weight excluding hydrogens is 362 g/mol. The van der Waals surface area contributed by atoms with Crippen LogP contribution in [0.3, 0.4) is 0 Å². The maximum absolute atomic E-state index is 11.7. The van der Waals surface area contributed by atoms with E-state index in [9.17, 15) is 9.59 Å². The van der Waals surface area contributed by atoms with Crippen molar-refractivity contribution in [2.75, 3.05) is 13.6 Å². The average Bonchev–Trinajstić information content (AvgIpc) is 2.69. The van der Waals surface area contributed by atoms with Crippen LogP contribution >= 0.6 is 0 Å². The van der Waals surface area contributed by atoms with Crippen LogP contribution < -0.4 is 0 Å². The van der Waals surface area contributed by atoms with Gasteiger partial charge in [-0.2, -0.15) is 0 Å². The number of carboxylic acids is 1. The van der Waals surface area contributed by atoms with Crippen molar-refractivity contribution in [3.8, 4) is 0 Å². The Bertz CT molecular complexity index is 420. The minimum Gasteiger partial charge on any atom is -0.480 e. The van der Waals surface area contributed by atoms with Gasteiger partial charge in [0.1, 0.15) is 6.54 Å². The quantitative estimate of drug-likeness (QED) is 0.162. The summed E-state index contributed by atoms with van der Waals surface area (Å²) in [7, 11) is 1.56. The number of carbonyl (C=O) groups is 2. The fourth-order valence-corrected chi connectivity index (χ4v) is 3.54. The molecule has 0 saturated carbocycles. The third kappa shape index (κ3) is 21.2. The summed E-state index contributed by atoms with van der Waals surface area (Å²) in [5.74, 6) is -1.02. The van der Waals surface area contributed by atoms with E-state index in [-0.39, 0.29) is 12.5 Å². The number of hydrogen-bond acceptors (Lipinski definition) is 2. The zero-order valence-corrected chi connectivity index (χ0v) is 19.3. The first-order chi connectivity index (χ1) is 14.1. The van der Waals surface area contributed by atoms with E-state index >= 15 is 0 Å². The minimum absolute atomic E-state index is 0.0616. The molecule has 0 aliphatic heterocycles. The summed E-state index contributed by atoms with van der Waals surface area (Å²) in [4.78, 5) is 23.6. The number of aliphatic carboxylic acids is 1. The summed E-state index contributed by atoms with van der Waals surface area (Å²) in [6.07, 6.45) is 27.0. The van der Waals surface area contributed by atoms with Crippen molar-refractivity contribution in [2.45, 2.75) is 122 Å². The zero-order valence-electron chi connectivity index (χ0n) is 19.3. The maximum Gasteiger partial charge on any atom is 0.323 e. The van der Waals surface area contributed by atoms with Crippen LogP contribution in [-0.4, -0.2) is 35.5 Å². The van der Waals surface area contributed by atoms with Crippen molar-refractivity contribution in [1.82, 2.24) is 4.90 Å². The maximum atomic E-state index is 11.7. The predicted octanol–water partition coefficient (Wildman–Crippen LogP) is 7.13. The van der Waals surface area contributed by atoms with Gasteiger partial charge in [0.15, 0.2) is 0 Å². The van der Waals surface area contributed by atoms with Crippen LogP contribution in [0.4, 0.5) is 0 Å². The van der Waals surface area contributed by atoms with Gasteiger partial charge in [-0.1, -0.05) is 96.1 Å². The van der Waals surface area contributed by atoms with Crippen molar-refractivity contribution >= 4 is 11.9 Å². The van der Waals surface area contributed by atoms with Gasteiger partial charge in [-0.25, -0.2) is 0 Å². The number of likely N-dealkylation sites (N-methyl/N-ethyl adjacent to an activating group) is 1. The lowest BCUT2D eigenvalue weighted by atomic mass is 10.1. The Labute approximate surface area is 180 Å². The van der Waals surface area contributed by atoms with Crippen LogP contribution in [0.2, 0.25) is 0 Å². The molecule has 0 saturated heterocycles. The Morgan fingerprint density at radius 3 is 1.55 bits per heavy atom. The number of unbranched alkanes of at least 4 members (excludes halogenated alkanes) is 15. The Hall–Kier alpha value is -1.32. The molecule has 0 heterocycles. The number of carbonyl (C=O) groups excluding carboxylic acids is 1. The van der Waals surface area contributed by atoms with Crippen molar-refractivity contribution < 1.29 is 14.7 Å². The highest BCUT2D eigenvalue weighted by Gasteiger charge is 2.10. The molecule has 170 valence electrons. The lowest BCUT2D eigenvalue weighted by Crippen LogP contribution is -2.31. The summed E-state index contributed by atoms with van der Waals surface area (Å²) in [5, 5.41) is 8.67. The second-order valence-corrected chi connectivity index (χ2v) is 8.39. The molecule has 0 radical (unpaired) electrons. The van der Waals surface area contributed by atoms with E-state index in [4.69, 9.17) is 5.11 Å². The van der Waals surface area contributed by atoms with Gasteiger partial charge in [0, 0.05) is 13.5 Å². The van der Waals surface area contributed by atoms with Gasteiger partial charge in [0.25, 0.3) is 0 Å². The molecule has 0 bridgehead atoms. The second-order valence-electron chi connectivity index (χ2n) is 8.39. The first-order valence-electron chi connectivity index (χ1n) is 12.2. The molecule has 0 aromatic carbocycles. The molecule has 0 rings (SSSR count). The summed E-state index contributed by atoms with van der Waals surface area (Å²) in [6.45, 7) is 2.07. The van der Waals surface area contributed by atoms with Crippen molar-refractivity contribution in [1.29, 1.82) is 0 Å². The van der Waals surface area contributed by atoms with E-state index in [1.54, 1.807) is 7.05 Å². The summed E-state index contributed by atoms with van der Waals surface area (Å²) >= 11 is 0. The number of amides is 1. The first kappa shape index (κ1) is 27.7. The highest BCUT2D eigenvalue weighted by atomic mass is 16.4. The predicted molar refractivity (Wildman–Crippen MR) is 123 cm³/mol. The molecule has 0 aliphatic carbocycles. The van der Waals surface area contributed by atoms with Gasteiger partial charge in [-0.05, 0) is 32.1 Å². The van der Waals surface area contributed by atoms with Crippen LogP contribution in [0.5, 0.6) is 0 Å². The van der Waals surface area contributed by atoms with E-state index in [1.165, 1.54) is 101 Å². The molecule has 1 amide bonds. The molecule has 0 spiro atoms. The van der Waals surface area contributed by atoms with Crippen LogP contribution in [0.1, 0.15) is 122 Å². The molecule has 0 aromatic rings. The van der Waals surface area contributed by atoms with Crippen LogP contribution in [-0.2, 0) is 9.59 Å². The number of nitrogens with zero attached hydrogens (tertiary/aromatic N) is 1. The Kier molecular flexibility index (Phi) is 20.4. The Morgan fingerprint density at radius 2 is 1.10 bits per heavy atom. The van der Waals surface area contributed by atoms with E-state index in [0.717, 1.165) is 12.8 Å². The van der Waals surface area contributed by atoms with Crippen molar-refractivity contribution in [2.24, 2.45) is 0 Å². The number of hydrogen-bond donors (Lipinski definition) is 1. The van der Waals surface area contributed by atoms with Crippen LogP contribution in [0, 0.1) is 0 Å².